The van der Waals surface area contributed by atoms with Gasteiger partial charge in [0.2, 0.25) is 5.24 Å². The third-order valence-corrected chi connectivity index (χ3v) is 0.569. The summed E-state index contributed by atoms with van der Waals surface area (Å²) in [4.78, 5) is 9.67. The van der Waals surface area contributed by atoms with Crippen molar-refractivity contribution in [3.05, 3.63) is 11.9 Å². The number of carbonyl (C=O) groups is 1. The van der Waals surface area contributed by atoms with E-state index in [0.29, 0.717) is 0 Å². The summed E-state index contributed by atoms with van der Waals surface area (Å²) in [6.07, 6.45) is -3.22. The van der Waals surface area contributed by atoms with Crippen LogP contribution in [0.2, 0.25) is 0 Å². The van der Waals surface area contributed by atoms with Gasteiger partial charge in [-0.15, -0.1) is 0 Å². The topological polar surface area (TPSA) is 17.1 Å². The van der Waals surface area contributed by atoms with Crippen LogP contribution in [0.1, 0.15) is 0 Å². The van der Waals surface area contributed by atoms with E-state index >= 15 is 0 Å². The summed E-state index contributed by atoms with van der Waals surface area (Å²) >= 11 is 4.53. The van der Waals surface area contributed by atoms with Gasteiger partial charge < -0.3 is 0 Å². The van der Waals surface area contributed by atoms with Crippen LogP contribution in [0.15, 0.2) is 11.9 Å². The zero-order chi connectivity index (χ0) is 7.44. The molecule has 0 bridgehead atoms. The molecule has 0 aliphatic carbocycles. The summed E-state index contributed by atoms with van der Waals surface area (Å²) < 4.78 is 33.9. The molecule has 0 saturated carbocycles. The Morgan fingerprint density at radius 3 is 2.11 bits per heavy atom. The van der Waals surface area contributed by atoms with Crippen molar-refractivity contribution in [2.45, 2.75) is 6.43 Å². The van der Waals surface area contributed by atoms with Gasteiger partial charge in [0.15, 0.2) is 5.83 Å². The number of hydrogen-bond acceptors (Lipinski definition) is 1. The molecule has 0 aromatic rings. The first-order chi connectivity index (χ1) is 4.04. The minimum atomic E-state index is -3.26. The van der Waals surface area contributed by atoms with Crippen molar-refractivity contribution in [3.63, 3.8) is 0 Å². The number of halogens is 4. The quantitative estimate of drug-likeness (QED) is 0.443. The van der Waals surface area contributed by atoms with Crippen LogP contribution in [0.3, 0.4) is 0 Å². The zero-order valence-corrected chi connectivity index (χ0v) is 4.83. The predicted octanol–water partition coefficient (Wildman–Crippen LogP) is 1.87. The Hall–Kier alpha value is -0.510. The van der Waals surface area contributed by atoms with Gasteiger partial charge in [0.1, 0.15) is 0 Å². The minimum absolute atomic E-state index is 0.0340. The number of allylic oxidation sites excluding steroid dienone is 2. The maximum atomic E-state index is 11.6. The lowest BCUT2D eigenvalue weighted by molar-refractivity contribution is -0.107. The molecule has 0 rings (SSSR count). The lowest BCUT2D eigenvalue weighted by Gasteiger charge is -1.88. The smallest absolute Gasteiger partial charge is 0.276 e. The fourth-order valence-corrected chi connectivity index (χ4v) is 0.276. The van der Waals surface area contributed by atoms with E-state index in [1.165, 1.54) is 0 Å². The Balaban J connectivity index is 4.00. The summed E-state index contributed by atoms with van der Waals surface area (Å²) in [5.41, 5.74) is 0. The van der Waals surface area contributed by atoms with Crippen LogP contribution in [0, 0.1) is 0 Å². The van der Waals surface area contributed by atoms with Gasteiger partial charge in [-0.05, 0) is 11.6 Å². The van der Waals surface area contributed by atoms with Crippen LogP contribution >= 0.6 is 11.6 Å². The lowest BCUT2D eigenvalue weighted by Crippen LogP contribution is -1.92. The van der Waals surface area contributed by atoms with Gasteiger partial charge in [-0.1, -0.05) is 0 Å². The van der Waals surface area contributed by atoms with Crippen LogP contribution in [0.5, 0.6) is 0 Å². The Morgan fingerprint density at radius 1 is 1.56 bits per heavy atom. The third kappa shape index (κ3) is 4.02. The molecule has 0 aromatic heterocycles. The molecular weight excluding hydrogens is 156 g/mol. The molecule has 0 fully saturated rings. The lowest BCUT2D eigenvalue weighted by atomic mass is 10.5. The zero-order valence-electron chi connectivity index (χ0n) is 4.07. The van der Waals surface area contributed by atoms with E-state index in [1.807, 2.05) is 0 Å². The van der Waals surface area contributed by atoms with Gasteiger partial charge in [0.25, 0.3) is 6.43 Å². The van der Waals surface area contributed by atoms with Crippen molar-refractivity contribution in [2.75, 3.05) is 0 Å². The molecule has 0 N–H and O–H groups in total. The molecule has 5 heteroatoms. The molecule has 1 nitrogen and oxygen atoms in total. The highest BCUT2D eigenvalue weighted by molar-refractivity contribution is 6.66. The maximum Gasteiger partial charge on any atom is 0.289 e. The van der Waals surface area contributed by atoms with E-state index < -0.39 is 17.5 Å². The Kier molecular flexibility index (Phi) is 3.30. The minimum Gasteiger partial charge on any atom is -0.276 e. The second kappa shape index (κ2) is 3.50. The molecule has 52 valence electrons. The first kappa shape index (κ1) is 8.49. The highest BCUT2D eigenvalue weighted by Gasteiger charge is 2.10. The number of rotatable bonds is 2. The Bertz CT molecular complexity index is 143. The molecule has 0 spiro atoms. The van der Waals surface area contributed by atoms with Gasteiger partial charge in [0.05, 0.1) is 0 Å². The molecule has 0 aromatic carbocycles. The molecule has 9 heavy (non-hydrogen) atoms. The van der Waals surface area contributed by atoms with Crippen LogP contribution in [-0.4, -0.2) is 11.7 Å². The van der Waals surface area contributed by atoms with Crippen LogP contribution < -0.4 is 0 Å². The summed E-state index contributed by atoms with van der Waals surface area (Å²) in [6.45, 7) is 0. The van der Waals surface area contributed by atoms with E-state index in [1.54, 1.807) is 0 Å². The fraction of sp³-hybridized carbons (Fsp3) is 0.250. The summed E-state index contributed by atoms with van der Waals surface area (Å²) in [5, 5.41) is -1.24. The highest BCUT2D eigenvalue weighted by Crippen LogP contribution is 2.09. The molecule has 0 heterocycles. The van der Waals surface area contributed by atoms with E-state index in [-0.39, 0.29) is 6.08 Å². The number of carbonyl (C=O) groups excluding carboxylic acids is 1. The second-order valence-electron chi connectivity index (χ2n) is 1.13. The Labute approximate surface area is 54.1 Å². The normalized spacial score (nSPS) is 12.3. The summed E-state index contributed by atoms with van der Waals surface area (Å²) in [7, 11) is 0. The van der Waals surface area contributed by atoms with E-state index in [4.69, 9.17) is 0 Å². The van der Waals surface area contributed by atoms with Gasteiger partial charge in [-0.2, -0.15) is 0 Å². The molecule has 0 unspecified atom stereocenters. The third-order valence-electron chi connectivity index (χ3n) is 0.460. The van der Waals surface area contributed by atoms with Crippen molar-refractivity contribution in [1.82, 2.24) is 0 Å². The van der Waals surface area contributed by atoms with Crippen LogP contribution in [0.4, 0.5) is 13.2 Å². The highest BCUT2D eigenvalue weighted by atomic mass is 35.5. The van der Waals surface area contributed by atoms with Crippen molar-refractivity contribution in [2.24, 2.45) is 0 Å². The average Bonchev–Trinajstić information content (AvgIpc) is 1.63. The Morgan fingerprint density at radius 2 is 2.00 bits per heavy atom. The standard InChI is InChI=1S/C4H2ClF3O/c5-3(9)1-2(6)4(7)8/h1,4H. The van der Waals surface area contributed by atoms with Crippen molar-refractivity contribution in [3.8, 4) is 0 Å². The predicted molar refractivity (Wildman–Crippen MR) is 26.1 cm³/mol. The van der Waals surface area contributed by atoms with E-state index in [0.717, 1.165) is 0 Å². The van der Waals surface area contributed by atoms with E-state index in [2.05, 4.69) is 11.6 Å². The molecule has 0 atom stereocenters. The molecule has 0 radical (unpaired) electrons. The van der Waals surface area contributed by atoms with E-state index in [9.17, 15) is 18.0 Å². The number of hydrogen-bond donors (Lipinski definition) is 0. The molecule has 0 amide bonds. The summed E-state index contributed by atoms with van der Waals surface area (Å²) in [5.74, 6) is -1.81. The van der Waals surface area contributed by atoms with Gasteiger partial charge in [-0.3, -0.25) is 4.79 Å². The van der Waals surface area contributed by atoms with Crippen molar-refractivity contribution >= 4 is 16.8 Å². The monoisotopic (exact) mass is 158 g/mol. The number of alkyl halides is 2. The molecular formula is C4H2ClF3O. The molecule has 0 aliphatic rings. The SMILES string of the molecule is O=C(Cl)C=C(F)C(F)F. The second-order valence-corrected chi connectivity index (χ2v) is 1.51. The first-order valence-electron chi connectivity index (χ1n) is 1.88. The molecule has 0 aliphatic heterocycles. The van der Waals surface area contributed by atoms with Crippen molar-refractivity contribution in [1.29, 1.82) is 0 Å². The maximum absolute atomic E-state index is 11.6. The first-order valence-corrected chi connectivity index (χ1v) is 2.26. The largest absolute Gasteiger partial charge is 0.289 e. The van der Waals surface area contributed by atoms with Crippen LogP contribution in [-0.2, 0) is 4.79 Å². The summed E-state index contributed by atoms with van der Waals surface area (Å²) in [6, 6.07) is 0. The molecule has 0 saturated heterocycles. The van der Waals surface area contributed by atoms with Crippen LogP contribution in [0.25, 0.3) is 0 Å². The van der Waals surface area contributed by atoms with Gasteiger partial charge in [-0.25, -0.2) is 13.2 Å². The van der Waals surface area contributed by atoms with Gasteiger partial charge in [0, 0.05) is 6.08 Å². The fourth-order valence-electron chi connectivity index (χ4n) is 0.171. The average molecular weight is 159 g/mol. The van der Waals surface area contributed by atoms with Crippen molar-refractivity contribution < 1.29 is 18.0 Å². The van der Waals surface area contributed by atoms with Gasteiger partial charge >= 0.3 is 0 Å².